The number of aliphatic carboxylic acids is 3. The standard InChI is InChI=1S/C98H124N26O19/c99-82(126)52-124(104)96(143)81-21-11-31-123(81)95(142)79(44-59-22-26-64(27-23-59)87(134)63-13-2-1-3-14-63)116-91(138)76(46-66-49-107-71-18-8-6-16-69(66)71)113-88(135)73(20-10-30-106-97(100)101)111-93(140)78(48-68-51-105-58-109-68)115-94(141)80(57-125)117-92(139)77(47-67-50-108-72-19-9-7-17-70(67)72)114-90(137)75(43-60-28-32-122(33-29-60)98(102)103)112-89(136)74(45-61-24-25-62-12-4-5-15-65(62)42-61)110-83(127)53-118-34-36-119(54-84(128)129)38-40-121(56-86(132)133)41-39-120(37-35-118)55-85(130)131/h1-9,12-19,22-27,42,49-51,58,60,73-81,107-108,125H,10-11,20-21,28-41,43-48,52-57,104H2,(H2,99,126)(H3,102,103)(H,105,109)(H,110,127)(H,111,140)(H,112,136)(H,113,135)(H,114,137)(H,115,141)(H,116,138)(H,117,139)(H,128,129)(H,130,131)(H,132,133)(H4,100,101,106)/t73-,74-,75+,76+,77+,78+,79+,80+,81+/m1/s1. The summed E-state index contributed by atoms with van der Waals surface area (Å²) in [6.07, 6.45) is 5.29. The number of nitrogens with two attached hydrogens (primary N) is 4. The maximum atomic E-state index is 15.8. The third-order valence-electron chi connectivity index (χ3n) is 25.7. The van der Waals surface area contributed by atoms with Crippen molar-refractivity contribution in [3.63, 3.8) is 0 Å². The van der Waals surface area contributed by atoms with Crippen molar-refractivity contribution >= 4 is 133 Å². The molecule has 45 nitrogen and oxygen atoms in total. The number of benzene rings is 6. The Morgan fingerprint density at radius 1 is 0.462 bits per heavy atom. The highest BCUT2D eigenvalue weighted by molar-refractivity contribution is 6.09. The number of guanidine groups is 2. The molecule has 9 atom stereocenters. The third-order valence-corrected chi connectivity index (χ3v) is 25.7. The number of aliphatic hydroxyl groups is 1. The number of para-hydroxylation sites is 2. The van der Waals surface area contributed by atoms with Gasteiger partial charge in [0.1, 0.15) is 60.9 Å². The third kappa shape index (κ3) is 31.2. The lowest BCUT2D eigenvalue weighted by molar-refractivity contribution is -0.146. The van der Waals surface area contributed by atoms with Crippen LogP contribution in [-0.4, -0.2) is 348 Å². The normalized spacial score (nSPS) is 16.5. The SMILES string of the molecule is N=C(N)NCCC[C@@H](NC(=O)[C@H](Cc1cnc[nH]1)NC(=O)[C@H](CO)NC(=O)[C@H](Cc1c[nH]c2ccccc12)NC(=O)[C@H](CC1CCN(C(=N)N)CC1)NC(=O)[C@@H](Cc1ccc2ccccc2c1)NC(=O)CN1CCN(CC(=O)O)CCN(CC(=O)O)CCN(CC(=O)O)CC1)C(=O)N[C@@H](Cc1c[nH]c2ccccc12)C(=O)N[C@@H](Cc1ccc(C(=O)c2ccccc2)cc1)C(=O)N1CCC[C@H]1C(=O)N(N)CC(N)=O. The monoisotopic (exact) mass is 1970 g/mol. The van der Waals surface area contributed by atoms with E-state index in [0.717, 1.165) is 10.8 Å². The van der Waals surface area contributed by atoms with Gasteiger partial charge in [0.05, 0.1) is 39.1 Å². The zero-order valence-corrected chi connectivity index (χ0v) is 79.0. The Labute approximate surface area is 822 Å². The molecule has 143 heavy (non-hydrogen) atoms. The van der Waals surface area contributed by atoms with Crippen LogP contribution in [0.25, 0.3) is 32.6 Å². The number of primary amides is 1. The number of nitrogens with one attached hydrogen (secondary N) is 14. The first-order valence-corrected chi connectivity index (χ1v) is 47.3. The van der Waals surface area contributed by atoms with Crippen molar-refractivity contribution < 1.29 is 92.3 Å². The molecule has 3 aliphatic heterocycles. The second-order valence-corrected chi connectivity index (χ2v) is 36.1. The molecule has 0 aliphatic carbocycles. The predicted molar refractivity (Wildman–Crippen MR) is 525 cm³/mol. The van der Waals surface area contributed by atoms with Gasteiger partial charge in [-0.15, -0.1) is 0 Å². The number of H-pyrrole nitrogens is 3. The summed E-state index contributed by atoms with van der Waals surface area (Å²) in [5.74, 6) is -8.85. The number of carbonyl (C=O) groups excluding carboxylic acids is 12. The second kappa shape index (κ2) is 51.5. The average molecular weight is 1970 g/mol. The summed E-state index contributed by atoms with van der Waals surface area (Å²) < 4.78 is 0. The highest BCUT2D eigenvalue weighted by Crippen LogP contribution is 2.28. The number of ketones is 1. The van der Waals surface area contributed by atoms with Gasteiger partial charge in [-0.25, -0.2) is 10.8 Å². The molecule has 3 aromatic heterocycles. The Hall–Kier alpha value is -15.6. The average Bonchev–Trinajstić information content (AvgIpc) is 1.70. The summed E-state index contributed by atoms with van der Waals surface area (Å²) in [4.78, 5) is 238. The van der Waals surface area contributed by atoms with Gasteiger partial charge in [-0.3, -0.25) is 107 Å². The van der Waals surface area contributed by atoms with Crippen molar-refractivity contribution in [3.05, 3.63) is 210 Å². The van der Waals surface area contributed by atoms with Crippen molar-refractivity contribution in [2.24, 2.45) is 29.0 Å². The number of imidazole rings is 1. The van der Waals surface area contributed by atoms with Crippen molar-refractivity contribution in [1.29, 1.82) is 10.8 Å². The molecule has 0 spiro atoms. The molecule has 26 N–H and O–H groups in total. The Morgan fingerprint density at radius 3 is 1.44 bits per heavy atom. The number of aromatic amines is 3. The number of hydrogen-bond donors (Lipinski definition) is 22. The number of fused-ring (bicyclic) bond motifs is 3. The van der Waals surface area contributed by atoms with Crippen LogP contribution in [0.15, 0.2) is 171 Å². The molecule has 3 aliphatic rings. The largest absolute Gasteiger partial charge is 0.480 e. The van der Waals surface area contributed by atoms with Gasteiger partial charge in [0.2, 0.25) is 59.1 Å². The van der Waals surface area contributed by atoms with Crippen LogP contribution >= 0.6 is 0 Å². The molecular weight excluding hydrogens is 1850 g/mol. The van der Waals surface area contributed by atoms with E-state index in [1.807, 2.05) is 36.4 Å². The lowest BCUT2D eigenvalue weighted by atomic mass is 9.89. The fraction of sp³-hybridized carbons (Fsp3) is 0.408. The summed E-state index contributed by atoms with van der Waals surface area (Å²) in [5, 5.41) is 85.7. The number of carboxylic acid groups (broad SMARTS) is 3. The fourth-order valence-electron chi connectivity index (χ4n) is 18.1. The van der Waals surface area contributed by atoms with E-state index in [1.165, 1.54) is 17.4 Å². The van der Waals surface area contributed by atoms with E-state index >= 15 is 38.4 Å². The van der Waals surface area contributed by atoms with Crippen LogP contribution in [0, 0.1) is 16.7 Å². The number of hydrazine groups is 1. The number of carbonyl (C=O) groups is 15. The molecule has 760 valence electrons. The number of aliphatic hydroxyl groups excluding tert-OH is 1. The van der Waals surface area contributed by atoms with Gasteiger partial charge >= 0.3 is 17.9 Å². The lowest BCUT2D eigenvalue weighted by Crippen LogP contribution is -2.62. The van der Waals surface area contributed by atoms with Crippen LogP contribution in [0.5, 0.6) is 0 Å². The van der Waals surface area contributed by atoms with Gasteiger partial charge in [-0.2, -0.15) is 0 Å². The zero-order chi connectivity index (χ0) is 102. The Bertz CT molecular complexity index is 5980. The van der Waals surface area contributed by atoms with Gasteiger partial charge in [-0.05, 0) is 96.0 Å². The molecule has 3 fully saturated rings. The van der Waals surface area contributed by atoms with Gasteiger partial charge in [0.15, 0.2) is 17.7 Å². The van der Waals surface area contributed by atoms with Gasteiger partial charge in [0.25, 0.3) is 5.91 Å². The van der Waals surface area contributed by atoms with Crippen LogP contribution < -0.4 is 70.9 Å². The van der Waals surface area contributed by atoms with Crippen LogP contribution in [0.1, 0.15) is 88.8 Å². The van der Waals surface area contributed by atoms with Crippen LogP contribution in [0.2, 0.25) is 0 Å². The number of carboxylic acids is 3. The number of amides is 11. The molecule has 11 amide bonds. The minimum atomic E-state index is -1.94. The highest BCUT2D eigenvalue weighted by Gasteiger charge is 2.43. The second-order valence-electron chi connectivity index (χ2n) is 36.1. The Morgan fingerprint density at radius 2 is 0.916 bits per heavy atom. The number of aromatic nitrogens is 4. The summed E-state index contributed by atoms with van der Waals surface area (Å²) in [5.41, 5.74) is 21.3. The van der Waals surface area contributed by atoms with Crippen molar-refractivity contribution in [2.45, 2.75) is 131 Å². The van der Waals surface area contributed by atoms with E-state index in [2.05, 4.69) is 67.8 Å². The molecule has 12 rings (SSSR count). The first-order valence-electron chi connectivity index (χ1n) is 47.3. The Balaban J connectivity index is 0.815. The van der Waals surface area contributed by atoms with Gasteiger partial charge < -0.3 is 110 Å². The molecule has 6 aromatic carbocycles. The topological polar surface area (TPSA) is 680 Å². The number of rotatable bonds is 46. The number of likely N-dealkylation sites (tertiary alicyclic amines) is 2. The molecule has 3 saturated heterocycles. The lowest BCUT2D eigenvalue weighted by Gasteiger charge is -2.34. The number of piperidine rings is 1. The first-order chi connectivity index (χ1) is 68.7. The van der Waals surface area contributed by atoms with Crippen LogP contribution in [0.4, 0.5) is 0 Å². The molecule has 0 saturated carbocycles. The quantitative estimate of drug-likeness (QED) is 0.00375. The molecule has 45 heteroatoms. The fourth-order valence-corrected chi connectivity index (χ4v) is 18.1. The Kier molecular flexibility index (Phi) is 38.3. The molecule has 0 bridgehead atoms. The molecule has 0 radical (unpaired) electrons. The maximum absolute atomic E-state index is 15.8. The van der Waals surface area contributed by atoms with Crippen molar-refractivity contribution in [1.82, 2.24) is 102 Å². The van der Waals surface area contributed by atoms with Crippen LogP contribution in [-0.2, 0) is 99.2 Å². The molecule has 6 heterocycles. The summed E-state index contributed by atoms with van der Waals surface area (Å²) in [6.45, 7) is -2.29. The number of nitrogens with zero attached hydrogens (tertiary/aromatic N) is 8. The summed E-state index contributed by atoms with van der Waals surface area (Å²) in [7, 11) is 0. The summed E-state index contributed by atoms with van der Waals surface area (Å²) >= 11 is 0. The van der Waals surface area contributed by atoms with Gasteiger partial charge in [-0.1, -0.05) is 133 Å². The first kappa shape index (κ1) is 106. The highest BCUT2D eigenvalue weighted by atomic mass is 16.4. The van der Waals surface area contributed by atoms with E-state index in [0.29, 0.717) is 79.5 Å². The maximum Gasteiger partial charge on any atom is 0.317 e. The van der Waals surface area contributed by atoms with Crippen molar-refractivity contribution in [2.75, 3.05) is 118 Å². The number of hydrogen-bond acceptors (Lipinski definition) is 24. The van der Waals surface area contributed by atoms with E-state index in [-0.39, 0.29) is 160 Å². The van der Waals surface area contributed by atoms with E-state index in [4.69, 9.17) is 33.9 Å². The molecule has 0 unspecified atom stereocenters. The van der Waals surface area contributed by atoms with E-state index in [1.54, 1.807) is 146 Å². The van der Waals surface area contributed by atoms with Gasteiger partial charge in [0, 0.05) is 168 Å². The molecular formula is C98H124N26O19. The zero-order valence-electron chi connectivity index (χ0n) is 79.0. The smallest absolute Gasteiger partial charge is 0.317 e. The molecule has 9 aromatic rings. The van der Waals surface area contributed by atoms with E-state index in [9.17, 15) is 54.0 Å². The minimum Gasteiger partial charge on any atom is -0.480 e. The van der Waals surface area contributed by atoms with Crippen molar-refractivity contribution in [3.8, 4) is 0 Å². The minimum absolute atomic E-state index is 0.00559. The van der Waals surface area contributed by atoms with E-state index < -0.39 is 182 Å². The summed E-state index contributed by atoms with van der Waals surface area (Å²) in [6, 6.07) is 27.6. The van der Waals surface area contributed by atoms with Crippen LogP contribution in [0.3, 0.4) is 0 Å². The predicted octanol–water partition coefficient (Wildman–Crippen LogP) is -1.95.